The Morgan fingerprint density at radius 3 is 1.44 bits per heavy atom. The van der Waals surface area contributed by atoms with Crippen molar-refractivity contribution >= 4 is 23.9 Å². The van der Waals surface area contributed by atoms with Crippen LogP contribution in [0, 0.1) is 0 Å². The Morgan fingerprint density at radius 1 is 0.557 bits per heavy atom. The van der Waals surface area contributed by atoms with E-state index in [9.17, 15) is 24.3 Å². The van der Waals surface area contributed by atoms with Crippen molar-refractivity contribution < 1.29 is 117 Å². The first-order valence-corrected chi connectivity index (χ1v) is 18.6. The van der Waals surface area contributed by atoms with Crippen LogP contribution in [0.4, 0.5) is 0 Å². The lowest BCUT2D eigenvalue weighted by Crippen LogP contribution is -2.40. The quantitative estimate of drug-likeness (QED) is 0.0924. The average Bonchev–Trinajstić information content (AvgIpc) is 4.02. The van der Waals surface area contributed by atoms with Crippen molar-refractivity contribution in [3.8, 4) is 0 Å². The van der Waals surface area contributed by atoms with E-state index in [0.29, 0.717) is 6.61 Å². The molecule has 8 aliphatic rings. The van der Waals surface area contributed by atoms with E-state index < -0.39 is 140 Å². The highest BCUT2D eigenvalue weighted by molar-refractivity contribution is 5.80. The molecule has 12 N–H and O–H groups in total. The zero-order chi connectivity index (χ0) is 43.3. The molecule has 0 aromatic carbocycles. The largest absolute Gasteiger partial charge is 0.455 e. The third-order valence-corrected chi connectivity index (χ3v) is 9.73. The summed E-state index contributed by atoms with van der Waals surface area (Å²) in [4.78, 5) is 44.9. The van der Waals surface area contributed by atoms with Gasteiger partial charge in [0.15, 0.2) is 72.0 Å². The Morgan fingerprint density at radius 2 is 0.984 bits per heavy atom. The molecule has 61 heavy (non-hydrogen) atoms. The minimum Gasteiger partial charge on any atom is -0.455 e. The van der Waals surface area contributed by atoms with E-state index in [-0.39, 0.29) is 37.7 Å². The standard InChI is InChI=1S/C12H18O6.C9H14O6.C8H12O5.C6H10O6.CH4.H3N.H2O/c1-11(2)14-5-6(16-11)7-8-9(10(13)15-7)18-12(3,4)17-8;1-9(2)14-6-5(4(11)3-10)13-8(12)7(6)15-9;1-8(2)12-5-4(3-9)11-7(10)6(5)13-8;7-1-2(8)5-3(9)4(10)6(11)12-5;;;/h6-9H,5H2,1-4H3;4-7,10-11H,3H2,1-2H3;4-6,9H,3H2,1-2H3;2-5,7-10H,1H2;1H4;1H3;1H2/t6?,7?,8-,9-;4?,5?,6-,7-;4-,5+,6+;2?,3-,4+,5-;;;/m1100.../s1. The monoisotopic (exact) mass is 893 g/mol. The minimum absolute atomic E-state index is 0. The molecular weight excluding hydrogens is 830 g/mol. The highest BCUT2D eigenvalue weighted by Crippen LogP contribution is 2.40. The summed E-state index contributed by atoms with van der Waals surface area (Å²) in [6.45, 7) is 13.1. The van der Waals surface area contributed by atoms with Crippen molar-refractivity contribution in [1.29, 1.82) is 0 Å². The van der Waals surface area contributed by atoms with Crippen LogP contribution in [0.1, 0.15) is 62.8 Å². The van der Waals surface area contributed by atoms with Gasteiger partial charge >= 0.3 is 23.9 Å². The van der Waals surface area contributed by atoms with Crippen LogP contribution < -0.4 is 6.15 Å². The smallest absolute Gasteiger partial charge is 0.338 e. The SMILES string of the molecule is C.CC1(C)OCC(C2OC(=O)[C@@H]3OC(C)(C)O[C@H]23)O1.CC1(C)O[C@@H]2C(C(O)CO)OC(=O)[C@@H]2O1.CC1(C)O[C@@H]2[C@H](CO)OC(=O)[C@@H]2O1.N.O.O=C1O[C@@H](C(O)CO)[C@@H](O)[C@H]1O. The number of hydrogen-bond donors (Lipinski definition) is 8. The Labute approximate surface area is 351 Å². The Hall–Kier alpha value is -2.80. The second kappa shape index (κ2) is 20.4. The third-order valence-electron chi connectivity index (χ3n) is 9.73. The van der Waals surface area contributed by atoms with Crippen LogP contribution in [-0.2, 0) is 76.0 Å². The number of carbonyl (C=O) groups is 4. The molecule has 8 fully saturated rings. The van der Waals surface area contributed by atoms with E-state index in [4.69, 9.17) is 82.7 Å². The molecule has 5 unspecified atom stereocenters. The molecule has 0 saturated carbocycles. The van der Waals surface area contributed by atoms with E-state index in [0.717, 1.165) is 0 Å². The number of fused-ring (bicyclic) bond motifs is 3. The zero-order valence-corrected chi connectivity index (χ0v) is 34.4. The maximum absolute atomic E-state index is 11.7. The predicted molar refractivity (Wildman–Crippen MR) is 197 cm³/mol. The predicted octanol–water partition coefficient (Wildman–Crippen LogP) is -4.25. The number of aliphatic hydroxyl groups excluding tert-OH is 7. The highest BCUT2D eigenvalue weighted by Gasteiger charge is 2.60. The normalized spacial score (nSPS) is 39.5. The van der Waals surface area contributed by atoms with Crippen LogP contribution in [0.3, 0.4) is 0 Å². The van der Waals surface area contributed by atoms with Crippen LogP contribution in [0.25, 0.3) is 0 Å². The molecule has 8 aliphatic heterocycles. The van der Waals surface area contributed by atoms with E-state index in [2.05, 4.69) is 4.74 Å². The summed E-state index contributed by atoms with van der Waals surface area (Å²) in [5.74, 6) is -5.40. The molecule has 0 amide bonds. The van der Waals surface area contributed by atoms with E-state index in [1.165, 1.54) is 0 Å². The Kier molecular flexibility index (Phi) is 18.1. The fourth-order valence-electron chi connectivity index (χ4n) is 7.20. The first kappa shape index (κ1) is 54.3. The fraction of sp³-hybridized carbons (Fsp3) is 0.889. The van der Waals surface area contributed by atoms with Gasteiger partial charge in [-0.15, -0.1) is 0 Å². The van der Waals surface area contributed by atoms with Crippen LogP contribution in [-0.4, -0.2) is 206 Å². The zero-order valence-electron chi connectivity index (χ0n) is 34.4. The number of carbonyl (C=O) groups excluding carboxylic acids is 4. The first-order valence-electron chi connectivity index (χ1n) is 18.6. The van der Waals surface area contributed by atoms with Crippen molar-refractivity contribution in [1.82, 2.24) is 6.15 Å². The molecule has 25 heteroatoms. The van der Waals surface area contributed by atoms with Crippen LogP contribution >= 0.6 is 0 Å². The molecule has 0 aromatic rings. The first-order chi connectivity index (χ1) is 26.8. The number of aliphatic hydroxyl groups is 7. The summed E-state index contributed by atoms with van der Waals surface area (Å²) in [6.07, 6.45) is -12.7. The minimum atomic E-state index is -1.63. The number of hydrogen-bond acceptors (Lipinski definition) is 24. The highest BCUT2D eigenvalue weighted by atomic mass is 16.8. The lowest BCUT2D eigenvalue weighted by molar-refractivity contribution is -0.200. The van der Waals surface area contributed by atoms with Crippen molar-refractivity contribution in [2.24, 2.45) is 0 Å². The second-order valence-electron chi connectivity index (χ2n) is 16.2. The van der Waals surface area contributed by atoms with Gasteiger partial charge in [-0.2, -0.15) is 0 Å². The van der Waals surface area contributed by atoms with E-state index in [1.54, 1.807) is 41.5 Å². The Bertz CT molecular complexity index is 1510. The summed E-state index contributed by atoms with van der Waals surface area (Å²) < 4.78 is 63.4. The summed E-state index contributed by atoms with van der Waals surface area (Å²) in [5, 5.41) is 62.5. The van der Waals surface area contributed by atoms with Gasteiger partial charge in [0.25, 0.3) is 0 Å². The molecule has 8 saturated heterocycles. The van der Waals surface area contributed by atoms with E-state index >= 15 is 0 Å². The molecule has 0 aliphatic carbocycles. The van der Waals surface area contributed by atoms with Crippen LogP contribution in [0.15, 0.2) is 0 Å². The summed E-state index contributed by atoms with van der Waals surface area (Å²) in [6, 6.07) is 0. The molecule has 15 atom stereocenters. The molecule has 0 radical (unpaired) electrons. The molecule has 25 nitrogen and oxygen atoms in total. The lowest BCUT2D eigenvalue weighted by Gasteiger charge is -2.25. The van der Waals surface area contributed by atoms with Gasteiger partial charge in [-0.3, -0.25) is 0 Å². The molecule has 0 bridgehead atoms. The Balaban J connectivity index is 0.000000279. The summed E-state index contributed by atoms with van der Waals surface area (Å²) in [7, 11) is 0. The van der Waals surface area contributed by atoms with E-state index in [1.807, 2.05) is 13.8 Å². The van der Waals surface area contributed by atoms with Gasteiger partial charge < -0.3 is 104 Å². The molecular formula is C36H63NO24. The van der Waals surface area contributed by atoms with Gasteiger partial charge in [-0.25, -0.2) is 19.2 Å². The maximum atomic E-state index is 11.7. The van der Waals surface area contributed by atoms with Crippen LogP contribution in [0.5, 0.6) is 0 Å². The van der Waals surface area contributed by atoms with Crippen molar-refractivity contribution in [3.05, 3.63) is 0 Å². The number of rotatable bonds is 6. The molecule has 8 rings (SSSR count). The number of esters is 4. The van der Waals surface area contributed by atoms with Gasteiger partial charge in [-0.05, 0) is 55.4 Å². The van der Waals surface area contributed by atoms with Crippen LogP contribution in [0.2, 0.25) is 0 Å². The average molecular weight is 894 g/mol. The van der Waals surface area contributed by atoms with Crippen molar-refractivity contribution in [2.45, 2.75) is 178 Å². The summed E-state index contributed by atoms with van der Waals surface area (Å²) >= 11 is 0. The molecule has 356 valence electrons. The van der Waals surface area contributed by atoms with Crippen molar-refractivity contribution in [2.75, 3.05) is 26.4 Å². The fourth-order valence-corrected chi connectivity index (χ4v) is 7.20. The van der Waals surface area contributed by atoms with Crippen molar-refractivity contribution in [3.63, 3.8) is 0 Å². The molecule has 8 heterocycles. The van der Waals surface area contributed by atoms with Gasteiger partial charge in [0, 0.05) is 0 Å². The van der Waals surface area contributed by atoms with Gasteiger partial charge in [0.1, 0.15) is 42.7 Å². The molecule has 0 aromatic heterocycles. The lowest BCUT2D eigenvalue weighted by atomic mass is 10.1. The number of ether oxygens (including phenoxy) is 12. The number of cyclic esters (lactones) is 4. The topological polar surface area (TPSA) is 387 Å². The third kappa shape index (κ3) is 12.1. The second-order valence-corrected chi connectivity index (χ2v) is 16.2. The summed E-state index contributed by atoms with van der Waals surface area (Å²) in [5.41, 5.74) is 0. The van der Waals surface area contributed by atoms with Gasteiger partial charge in [0.05, 0.1) is 26.4 Å². The molecule has 0 spiro atoms. The maximum Gasteiger partial charge on any atom is 0.338 e. The van der Waals surface area contributed by atoms with Gasteiger partial charge in [-0.1, -0.05) is 7.43 Å². The van der Waals surface area contributed by atoms with Gasteiger partial charge in [0.2, 0.25) is 0 Å².